The van der Waals surface area contributed by atoms with Gasteiger partial charge in [-0.15, -0.1) is 12.4 Å². The molecule has 66 valence electrons. The molecule has 1 fully saturated rings. The van der Waals surface area contributed by atoms with Gasteiger partial charge in [0.1, 0.15) is 5.78 Å². The van der Waals surface area contributed by atoms with E-state index >= 15 is 0 Å². The van der Waals surface area contributed by atoms with Gasteiger partial charge in [0.2, 0.25) is 0 Å². The zero-order valence-corrected chi connectivity index (χ0v) is 8.20. The number of nitrogens with zero attached hydrogens (tertiary/aromatic N) is 1. The van der Waals surface area contributed by atoms with Crippen molar-refractivity contribution in [3.8, 4) is 0 Å². The van der Waals surface area contributed by atoms with E-state index in [1.165, 1.54) is 0 Å². The number of carbonyl (C=O) groups is 1. The Morgan fingerprint density at radius 2 is 1.91 bits per heavy atom. The molecule has 0 aromatic rings. The summed E-state index contributed by atoms with van der Waals surface area (Å²) in [4.78, 5) is 13.1. The number of rotatable bonds is 0. The Morgan fingerprint density at radius 3 is 2.09 bits per heavy atom. The Bertz CT molecular complexity index is 151. The summed E-state index contributed by atoms with van der Waals surface area (Å²) < 4.78 is 0. The number of hydrogen-bond acceptors (Lipinski definition) is 2. The normalized spacial score (nSPS) is 20.1. The quantitative estimate of drug-likeness (QED) is 0.559. The van der Waals surface area contributed by atoms with Crippen LogP contribution in [0.5, 0.6) is 0 Å². The van der Waals surface area contributed by atoms with Gasteiger partial charge in [0.25, 0.3) is 0 Å². The number of halogens is 1. The fourth-order valence-corrected chi connectivity index (χ4v) is 1.20. The van der Waals surface area contributed by atoms with Gasteiger partial charge in [-0.3, -0.25) is 9.69 Å². The number of hydrogen-bond donors (Lipinski definition) is 0. The van der Waals surface area contributed by atoms with Crippen LogP contribution in [0, 0.1) is 0 Å². The second-order valence-corrected chi connectivity index (χ2v) is 3.88. The van der Waals surface area contributed by atoms with E-state index in [1.54, 1.807) is 0 Å². The van der Waals surface area contributed by atoms with Crippen molar-refractivity contribution in [2.75, 3.05) is 13.1 Å². The van der Waals surface area contributed by atoms with Crippen LogP contribution >= 0.6 is 12.4 Å². The van der Waals surface area contributed by atoms with Crippen molar-refractivity contribution in [2.24, 2.45) is 0 Å². The third kappa shape index (κ3) is 2.80. The summed E-state index contributed by atoms with van der Waals surface area (Å²) in [7, 11) is 0. The van der Waals surface area contributed by atoms with Gasteiger partial charge in [-0.1, -0.05) is 0 Å². The minimum atomic E-state index is 0. The minimum absolute atomic E-state index is 0. The van der Waals surface area contributed by atoms with E-state index in [1.807, 2.05) is 0 Å². The molecular formula is C8H16ClNO. The zero-order chi connectivity index (χ0) is 7.78. The van der Waals surface area contributed by atoms with Crippen LogP contribution in [-0.2, 0) is 4.79 Å². The third-order valence-electron chi connectivity index (χ3n) is 1.98. The van der Waals surface area contributed by atoms with Gasteiger partial charge in [-0.05, 0) is 20.8 Å². The largest absolute Gasteiger partial charge is 0.298 e. The van der Waals surface area contributed by atoms with Gasteiger partial charge >= 0.3 is 0 Å². The first-order valence-electron chi connectivity index (χ1n) is 3.77. The molecule has 0 aliphatic carbocycles. The summed E-state index contributed by atoms with van der Waals surface area (Å²) in [5.41, 5.74) is 0.173. The van der Waals surface area contributed by atoms with Crippen LogP contribution < -0.4 is 0 Å². The predicted octanol–water partition coefficient (Wildman–Crippen LogP) is 1.48. The van der Waals surface area contributed by atoms with Crippen molar-refractivity contribution < 1.29 is 4.79 Å². The maximum atomic E-state index is 10.9. The molecule has 0 atom stereocenters. The van der Waals surface area contributed by atoms with Gasteiger partial charge in [0.15, 0.2) is 0 Å². The van der Waals surface area contributed by atoms with Crippen LogP contribution in [0.1, 0.15) is 27.2 Å². The second-order valence-electron chi connectivity index (χ2n) is 3.88. The van der Waals surface area contributed by atoms with E-state index in [0.717, 1.165) is 13.0 Å². The summed E-state index contributed by atoms with van der Waals surface area (Å²) >= 11 is 0. The smallest absolute Gasteiger partial charge is 0.148 e. The Kier molecular flexibility index (Phi) is 3.52. The summed E-state index contributed by atoms with van der Waals surface area (Å²) in [6.45, 7) is 8.04. The van der Waals surface area contributed by atoms with Crippen molar-refractivity contribution in [2.45, 2.75) is 32.7 Å². The maximum Gasteiger partial charge on any atom is 0.148 e. The van der Waals surface area contributed by atoms with Gasteiger partial charge in [-0.2, -0.15) is 0 Å². The highest BCUT2D eigenvalue weighted by Gasteiger charge is 2.28. The van der Waals surface area contributed by atoms with Crippen LogP contribution in [0.15, 0.2) is 0 Å². The molecule has 0 bridgehead atoms. The number of ketones is 1. The molecule has 11 heavy (non-hydrogen) atoms. The number of carbonyl (C=O) groups excluding carboxylic acids is 1. The van der Waals surface area contributed by atoms with Gasteiger partial charge in [0, 0.05) is 18.5 Å². The fourth-order valence-electron chi connectivity index (χ4n) is 1.20. The summed E-state index contributed by atoms with van der Waals surface area (Å²) in [5.74, 6) is 0.384. The molecule has 0 N–H and O–H groups in total. The highest BCUT2D eigenvalue weighted by Crippen LogP contribution is 2.17. The predicted molar refractivity (Wildman–Crippen MR) is 48.2 cm³/mol. The topological polar surface area (TPSA) is 20.3 Å². The van der Waals surface area contributed by atoms with E-state index in [0.29, 0.717) is 12.3 Å². The molecule has 3 heteroatoms. The van der Waals surface area contributed by atoms with E-state index in [-0.39, 0.29) is 17.9 Å². The van der Waals surface area contributed by atoms with Crippen molar-refractivity contribution in [3.05, 3.63) is 0 Å². The first-order valence-corrected chi connectivity index (χ1v) is 3.77. The maximum absolute atomic E-state index is 10.9. The van der Waals surface area contributed by atoms with Crippen molar-refractivity contribution in [3.63, 3.8) is 0 Å². The van der Waals surface area contributed by atoms with Crippen LogP contribution in [0.2, 0.25) is 0 Å². The second kappa shape index (κ2) is 3.55. The SMILES string of the molecule is CC(C)(C)N1CCC(=O)C1.Cl. The molecule has 2 nitrogen and oxygen atoms in total. The van der Waals surface area contributed by atoms with Crippen LogP contribution in [0.4, 0.5) is 0 Å². The van der Waals surface area contributed by atoms with Gasteiger partial charge in [0.05, 0.1) is 6.54 Å². The zero-order valence-electron chi connectivity index (χ0n) is 7.39. The minimum Gasteiger partial charge on any atom is -0.298 e. The molecule has 0 saturated carbocycles. The molecule has 0 radical (unpaired) electrons. The molecule has 0 unspecified atom stereocenters. The van der Waals surface area contributed by atoms with E-state index in [4.69, 9.17) is 0 Å². The lowest BCUT2D eigenvalue weighted by Gasteiger charge is -2.30. The van der Waals surface area contributed by atoms with Gasteiger partial charge in [-0.25, -0.2) is 0 Å². The summed E-state index contributed by atoms with van der Waals surface area (Å²) in [6.07, 6.45) is 0.747. The standard InChI is InChI=1S/C8H15NO.ClH/c1-8(2,3)9-5-4-7(10)6-9;/h4-6H2,1-3H3;1H. The lowest BCUT2D eigenvalue weighted by atomic mass is 10.1. The molecule has 1 aliphatic heterocycles. The number of Topliss-reactive ketones (excluding diaryl/α,β-unsaturated/α-hetero) is 1. The van der Waals surface area contributed by atoms with E-state index in [9.17, 15) is 4.79 Å². The third-order valence-corrected chi connectivity index (χ3v) is 1.98. The fraction of sp³-hybridized carbons (Fsp3) is 0.875. The Hall–Kier alpha value is -0.0800. The molecule has 0 aromatic carbocycles. The Labute approximate surface area is 74.4 Å². The Morgan fingerprint density at radius 1 is 1.36 bits per heavy atom. The van der Waals surface area contributed by atoms with Gasteiger partial charge < -0.3 is 0 Å². The molecule has 1 heterocycles. The monoisotopic (exact) mass is 177 g/mol. The number of likely N-dealkylation sites (tertiary alicyclic amines) is 1. The highest BCUT2D eigenvalue weighted by molar-refractivity contribution is 5.85. The summed E-state index contributed by atoms with van der Waals surface area (Å²) in [6, 6.07) is 0. The van der Waals surface area contributed by atoms with Crippen molar-refractivity contribution in [1.82, 2.24) is 4.90 Å². The average molecular weight is 178 g/mol. The van der Waals surface area contributed by atoms with Crippen LogP contribution in [0.3, 0.4) is 0 Å². The van der Waals surface area contributed by atoms with Crippen molar-refractivity contribution >= 4 is 18.2 Å². The van der Waals surface area contributed by atoms with Crippen molar-refractivity contribution in [1.29, 1.82) is 0 Å². The lowest BCUT2D eigenvalue weighted by Crippen LogP contribution is -2.39. The highest BCUT2D eigenvalue weighted by atomic mass is 35.5. The lowest BCUT2D eigenvalue weighted by molar-refractivity contribution is -0.117. The molecule has 1 aliphatic rings. The molecular weight excluding hydrogens is 162 g/mol. The Balaban J connectivity index is 0.000001000. The van der Waals surface area contributed by atoms with Crippen LogP contribution in [-0.4, -0.2) is 29.3 Å². The first kappa shape index (κ1) is 10.9. The summed E-state index contributed by atoms with van der Waals surface area (Å²) in [5, 5.41) is 0. The molecule has 1 saturated heterocycles. The molecule has 0 amide bonds. The molecule has 0 spiro atoms. The molecule has 1 rings (SSSR count). The molecule has 0 aromatic heterocycles. The van der Waals surface area contributed by atoms with E-state index in [2.05, 4.69) is 25.7 Å². The average Bonchev–Trinajstić information content (AvgIpc) is 2.11. The van der Waals surface area contributed by atoms with Crippen LogP contribution in [0.25, 0.3) is 0 Å². The first-order chi connectivity index (χ1) is 4.50. The van der Waals surface area contributed by atoms with E-state index < -0.39 is 0 Å².